The lowest BCUT2D eigenvalue weighted by atomic mass is 10.2. The Balaban J connectivity index is 0.00000156. The minimum Gasteiger partial charge on any atom is -0.438 e. The molecule has 0 saturated heterocycles. The van der Waals surface area contributed by atoms with Gasteiger partial charge in [0.25, 0.3) is 5.91 Å². The Morgan fingerprint density at radius 1 is 1.28 bits per heavy atom. The van der Waals surface area contributed by atoms with Crippen molar-refractivity contribution in [2.75, 3.05) is 6.54 Å². The molecule has 1 aromatic carbocycles. The molecule has 136 valence electrons. The van der Waals surface area contributed by atoms with Gasteiger partial charge in [0.05, 0.1) is 0 Å². The Bertz CT molecular complexity index is 697. The lowest BCUT2D eigenvalue weighted by Gasteiger charge is -2.13. The number of hydrogen-bond donors (Lipinski definition) is 2. The van der Waals surface area contributed by atoms with Crippen LogP contribution >= 0.6 is 40.7 Å². The summed E-state index contributed by atoms with van der Waals surface area (Å²) < 4.78 is 6.68. The van der Waals surface area contributed by atoms with Crippen molar-refractivity contribution < 1.29 is 9.53 Å². The number of carbonyl (C=O) groups is 1. The Kier molecular flexibility index (Phi) is 8.65. The number of hydrogen-bond acceptors (Lipinski definition) is 4. The van der Waals surface area contributed by atoms with Gasteiger partial charge in [0.2, 0.25) is 5.88 Å². The maximum Gasteiger partial charge on any atom is 0.256 e. The highest BCUT2D eigenvalue weighted by molar-refractivity contribution is 9.10. The SMILES string of the molecule is Cl.Cl.NC(CNC(=O)c1cccnc1Oc1ccc(Br)cc1)C1CC1. The highest BCUT2D eigenvalue weighted by Gasteiger charge is 2.28. The standard InChI is InChI=1S/C17H18BrN3O2.2ClH/c18-12-5-7-13(8-6-12)23-17-14(2-1-9-20-17)16(22)21-10-15(19)11-3-4-11;;/h1-2,5-9,11,15H,3-4,10,19H2,(H,21,22);2*1H. The Labute approximate surface area is 167 Å². The van der Waals surface area contributed by atoms with Gasteiger partial charge < -0.3 is 15.8 Å². The average molecular weight is 449 g/mol. The van der Waals surface area contributed by atoms with E-state index in [2.05, 4.69) is 26.2 Å². The average Bonchev–Trinajstić information content (AvgIpc) is 3.40. The van der Waals surface area contributed by atoms with Crippen LogP contribution in [0.2, 0.25) is 0 Å². The molecule has 5 nitrogen and oxygen atoms in total. The zero-order chi connectivity index (χ0) is 16.2. The van der Waals surface area contributed by atoms with Crippen molar-refractivity contribution in [1.29, 1.82) is 0 Å². The van der Waals surface area contributed by atoms with Crippen LogP contribution in [-0.2, 0) is 0 Å². The molecule has 3 N–H and O–H groups in total. The summed E-state index contributed by atoms with van der Waals surface area (Å²) >= 11 is 3.37. The predicted octanol–water partition coefficient (Wildman–Crippen LogP) is 3.95. The summed E-state index contributed by atoms with van der Waals surface area (Å²) in [6, 6.07) is 10.8. The molecule has 1 atom stereocenters. The Morgan fingerprint density at radius 3 is 2.60 bits per heavy atom. The summed E-state index contributed by atoms with van der Waals surface area (Å²) in [7, 11) is 0. The monoisotopic (exact) mass is 447 g/mol. The molecule has 1 aromatic heterocycles. The number of halogens is 3. The lowest BCUT2D eigenvalue weighted by Crippen LogP contribution is -2.38. The van der Waals surface area contributed by atoms with Crippen molar-refractivity contribution in [2.24, 2.45) is 11.7 Å². The van der Waals surface area contributed by atoms with Crippen LogP contribution in [0, 0.1) is 5.92 Å². The molecular weight excluding hydrogens is 429 g/mol. The number of benzene rings is 1. The fourth-order valence-electron chi connectivity index (χ4n) is 2.26. The molecule has 1 aliphatic carbocycles. The fourth-order valence-corrected chi connectivity index (χ4v) is 2.52. The van der Waals surface area contributed by atoms with E-state index in [1.165, 1.54) is 0 Å². The number of aromatic nitrogens is 1. The summed E-state index contributed by atoms with van der Waals surface area (Å²) in [6.45, 7) is 0.468. The highest BCUT2D eigenvalue weighted by Crippen LogP contribution is 2.31. The van der Waals surface area contributed by atoms with E-state index in [0.717, 1.165) is 17.3 Å². The van der Waals surface area contributed by atoms with Crippen LogP contribution in [0.1, 0.15) is 23.2 Å². The van der Waals surface area contributed by atoms with Gasteiger partial charge in [-0.05, 0) is 55.2 Å². The van der Waals surface area contributed by atoms with Crippen molar-refractivity contribution in [1.82, 2.24) is 10.3 Å². The number of pyridine rings is 1. The van der Waals surface area contributed by atoms with Crippen LogP contribution in [0.5, 0.6) is 11.6 Å². The lowest BCUT2D eigenvalue weighted by molar-refractivity contribution is 0.0947. The van der Waals surface area contributed by atoms with Gasteiger partial charge in [-0.2, -0.15) is 0 Å². The fraction of sp³-hybridized carbons (Fsp3) is 0.294. The normalized spacial score (nSPS) is 13.8. The summed E-state index contributed by atoms with van der Waals surface area (Å²) in [6.07, 6.45) is 3.91. The third-order valence-corrected chi connectivity index (χ3v) is 4.30. The number of amides is 1. The maximum absolute atomic E-state index is 12.4. The molecule has 25 heavy (non-hydrogen) atoms. The molecule has 1 unspecified atom stereocenters. The summed E-state index contributed by atoms with van der Waals surface area (Å²) in [4.78, 5) is 16.5. The number of nitrogens with zero attached hydrogens (tertiary/aromatic N) is 1. The molecule has 8 heteroatoms. The van der Waals surface area contributed by atoms with Gasteiger partial charge >= 0.3 is 0 Å². The first kappa shape index (κ1) is 21.7. The quantitative estimate of drug-likeness (QED) is 0.701. The van der Waals surface area contributed by atoms with Gasteiger partial charge in [0.1, 0.15) is 11.3 Å². The van der Waals surface area contributed by atoms with E-state index in [4.69, 9.17) is 10.5 Å². The third-order valence-electron chi connectivity index (χ3n) is 3.77. The summed E-state index contributed by atoms with van der Waals surface area (Å²) in [5, 5.41) is 2.86. The van der Waals surface area contributed by atoms with Crippen LogP contribution < -0.4 is 15.8 Å². The second kappa shape index (κ2) is 9.97. The van der Waals surface area contributed by atoms with E-state index in [1.807, 2.05) is 24.3 Å². The van der Waals surface area contributed by atoms with Crippen LogP contribution in [0.15, 0.2) is 47.1 Å². The van der Waals surface area contributed by atoms with Gasteiger partial charge in [-0.3, -0.25) is 4.79 Å². The maximum atomic E-state index is 12.4. The van der Waals surface area contributed by atoms with Crippen LogP contribution in [0.4, 0.5) is 0 Å². The Hall–Kier alpha value is -1.34. The summed E-state index contributed by atoms with van der Waals surface area (Å²) in [5.41, 5.74) is 6.42. The second-order valence-corrected chi connectivity index (χ2v) is 6.54. The summed E-state index contributed by atoms with van der Waals surface area (Å²) in [5.74, 6) is 1.23. The molecule has 0 bridgehead atoms. The molecular formula is C17H20BrCl2N3O2. The third kappa shape index (κ3) is 6.15. The number of rotatable bonds is 6. The first-order valence-electron chi connectivity index (χ1n) is 7.55. The number of carbonyl (C=O) groups excluding carboxylic acids is 1. The van der Waals surface area contributed by atoms with Crippen LogP contribution in [0.3, 0.4) is 0 Å². The van der Waals surface area contributed by atoms with E-state index in [0.29, 0.717) is 23.8 Å². The molecule has 3 rings (SSSR count). The van der Waals surface area contributed by atoms with Crippen molar-refractivity contribution in [2.45, 2.75) is 18.9 Å². The first-order valence-corrected chi connectivity index (χ1v) is 8.35. The molecule has 0 radical (unpaired) electrons. The largest absolute Gasteiger partial charge is 0.438 e. The minimum atomic E-state index is -0.221. The van der Waals surface area contributed by atoms with Gasteiger partial charge in [-0.1, -0.05) is 15.9 Å². The van der Waals surface area contributed by atoms with E-state index in [9.17, 15) is 4.79 Å². The van der Waals surface area contributed by atoms with E-state index in [1.54, 1.807) is 18.3 Å². The topological polar surface area (TPSA) is 77.2 Å². The number of nitrogens with two attached hydrogens (primary N) is 1. The molecule has 1 amide bonds. The van der Waals surface area contributed by atoms with Crippen molar-refractivity contribution in [3.63, 3.8) is 0 Å². The molecule has 0 spiro atoms. The number of ether oxygens (including phenoxy) is 1. The van der Waals surface area contributed by atoms with Crippen LogP contribution in [0.25, 0.3) is 0 Å². The molecule has 2 aromatic rings. The molecule has 0 aliphatic heterocycles. The molecule has 1 aliphatic rings. The molecule has 1 saturated carbocycles. The zero-order valence-corrected chi connectivity index (χ0v) is 16.6. The zero-order valence-electron chi connectivity index (χ0n) is 13.4. The Morgan fingerprint density at radius 2 is 1.96 bits per heavy atom. The predicted molar refractivity (Wildman–Crippen MR) is 106 cm³/mol. The van der Waals surface area contributed by atoms with Gasteiger partial charge in [0, 0.05) is 23.3 Å². The van der Waals surface area contributed by atoms with E-state index >= 15 is 0 Å². The number of nitrogens with one attached hydrogen (secondary N) is 1. The van der Waals surface area contributed by atoms with E-state index in [-0.39, 0.29) is 42.6 Å². The van der Waals surface area contributed by atoms with Crippen molar-refractivity contribution >= 4 is 46.7 Å². The molecule has 1 fully saturated rings. The van der Waals surface area contributed by atoms with Crippen LogP contribution in [-0.4, -0.2) is 23.5 Å². The van der Waals surface area contributed by atoms with Gasteiger partial charge in [-0.25, -0.2) is 4.98 Å². The minimum absolute atomic E-state index is 0. The smallest absolute Gasteiger partial charge is 0.256 e. The van der Waals surface area contributed by atoms with Crippen molar-refractivity contribution in [3.8, 4) is 11.6 Å². The van der Waals surface area contributed by atoms with Gasteiger partial charge in [-0.15, -0.1) is 24.8 Å². The first-order chi connectivity index (χ1) is 11.1. The highest BCUT2D eigenvalue weighted by atomic mass is 79.9. The second-order valence-electron chi connectivity index (χ2n) is 5.62. The van der Waals surface area contributed by atoms with E-state index < -0.39 is 0 Å². The van der Waals surface area contributed by atoms with Crippen molar-refractivity contribution in [3.05, 3.63) is 52.6 Å². The molecule has 1 heterocycles. The van der Waals surface area contributed by atoms with Gasteiger partial charge in [0.15, 0.2) is 0 Å².